The Hall–Kier alpha value is -5.18. The van der Waals surface area contributed by atoms with Gasteiger partial charge in [-0.1, -0.05) is 35.7 Å². The summed E-state index contributed by atoms with van der Waals surface area (Å²) in [6, 6.07) is 17.0. The predicted molar refractivity (Wildman–Crippen MR) is 163 cm³/mol. The molecule has 0 aliphatic carbocycles. The molecule has 0 spiro atoms. The number of hydrogen-bond acceptors (Lipinski definition) is 10. The minimum Gasteiger partial charge on any atom is -0.324 e. The van der Waals surface area contributed by atoms with Crippen molar-refractivity contribution in [2.24, 2.45) is 0 Å². The normalized spacial score (nSPS) is 10.4. The summed E-state index contributed by atoms with van der Waals surface area (Å²) in [4.78, 5) is 61.6. The first-order chi connectivity index (χ1) is 20.6. The van der Waals surface area contributed by atoms with Crippen LogP contribution in [0.4, 0.5) is 11.4 Å². The number of carbonyl (C=O) groups is 2. The van der Waals surface area contributed by atoms with Gasteiger partial charge in [0, 0.05) is 23.5 Å². The van der Waals surface area contributed by atoms with E-state index in [9.17, 15) is 29.7 Å². The highest BCUT2D eigenvalue weighted by atomic mass is 32.2. The maximum absolute atomic E-state index is 12.5. The Labute approximate surface area is 254 Å². The molecule has 0 atom stereocenters. The maximum Gasteiger partial charge on any atom is 0.251 e. The quantitative estimate of drug-likeness (QED) is 0.152. The van der Waals surface area contributed by atoms with Crippen molar-refractivity contribution in [3.63, 3.8) is 0 Å². The standard InChI is InChI=1S/C29H24N8O4S2/c1-16-7-24(38)36-28(32-16)42-14-26(40)34-22-5-3-18(10-20(22)12-30)9-19-4-6-23(21(11-19)13-31)35-27(41)15-43-29-33-17(2)8-25(39)37-29/h3-8,10-11H,9,14-15H2,1-2H3,(H,34,40)(H,35,41)(H,32,36,38)(H,33,37,39). The topological polar surface area (TPSA) is 197 Å². The molecule has 0 aliphatic rings. The molecule has 2 amide bonds. The van der Waals surface area contributed by atoms with Crippen molar-refractivity contribution >= 4 is 46.7 Å². The van der Waals surface area contributed by atoms with Crippen molar-refractivity contribution in [3.8, 4) is 12.1 Å². The molecule has 216 valence electrons. The van der Waals surface area contributed by atoms with E-state index < -0.39 is 0 Å². The van der Waals surface area contributed by atoms with Gasteiger partial charge in [-0.2, -0.15) is 10.5 Å². The average molecular weight is 613 g/mol. The minimum absolute atomic E-state index is 0.0140. The van der Waals surface area contributed by atoms with Crippen LogP contribution in [-0.4, -0.2) is 43.3 Å². The third kappa shape index (κ3) is 8.90. The van der Waals surface area contributed by atoms with Crippen molar-refractivity contribution in [3.05, 3.63) is 103 Å². The Morgan fingerprint density at radius 1 is 0.744 bits per heavy atom. The molecule has 4 N–H and O–H groups in total. The predicted octanol–water partition coefficient (Wildman–Crippen LogP) is 3.27. The Morgan fingerprint density at radius 2 is 1.16 bits per heavy atom. The number of H-pyrrole nitrogens is 2. The van der Waals surface area contributed by atoms with E-state index in [1.165, 1.54) is 12.1 Å². The first kappa shape index (κ1) is 30.8. The number of nitrogens with zero attached hydrogens (tertiary/aromatic N) is 4. The lowest BCUT2D eigenvalue weighted by atomic mass is 10.00. The largest absolute Gasteiger partial charge is 0.324 e. The third-order valence-corrected chi connectivity index (χ3v) is 7.49. The van der Waals surface area contributed by atoms with Gasteiger partial charge in [-0.25, -0.2) is 9.97 Å². The lowest BCUT2D eigenvalue weighted by molar-refractivity contribution is -0.114. The Balaban J connectivity index is 1.37. The SMILES string of the molecule is Cc1cc(=O)[nH]c(SCC(=O)Nc2ccc(Cc3ccc(NC(=O)CSc4nc(C)cc(=O)[nH]4)c(C#N)c3)cc2C#N)n1. The fourth-order valence-electron chi connectivity index (χ4n) is 3.92. The number of rotatable bonds is 10. The second-order valence-corrected chi connectivity index (χ2v) is 11.1. The Bertz CT molecular complexity index is 1770. The molecule has 0 unspecified atom stereocenters. The molecule has 4 rings (SSSR count). The first-order valence-corrected chi connectivity index (χ1v) is 14.7. The zero-order valence-corrected chi connectivity index (χ0v) is 24.6. The molecule has 0 radical (unpaired) electrons. The Kier molecular flexibility index (Phi) is 10.1. The number of aromatic amines is 2. The van der Waals surface area contributed by atoms with Gasteiger partial charge in [0.1, 0.15) is 12.1 Å². The number of amides is 2. The highest BCUT2D eigenvalue weighted by Gasteiger charge is 2.13. The number of nitrogens with one attached hydrogen (secondary N) is 4. The van der Waals surface area contributed by atoms with E-state index in [0.717, 1.165) is 34.7 Å². The zero-order chi connectivity index (χ0) is 30.9. The summed E-state index contributed by atoms with van der Waals surface area (Å²) in [6.45, 7) is 3.37. The lowest BCUT2D eigenvalue weighted by Crippen LogP contribution is -2.16. The van der Waals surface area contributed by atoms with E-state index in [-0.39, 0.29) is 45.6 Å². The first-order valence-electron chi connectivity index (χ1n) is 12.7. The van der Waals surface area contributed by atoms with Gasteiger partial charge < -0.3 is 20.6 Å². The minimum atomic E-state index is -0.364. The van der Waals surface area contributed by atoms with Crippen molar-refractivity contribution < 1.29 is 9.59 Å². The van der Waals surface area contributed by atoms with Crippen LogP contribution in [0.15, 0.2) is 68.4 Å². The molecule has 43 heavy (non-hydrogen) atoms. The highest BCUT2D eigenvalue weighted by Crippen LogP contribution is 2.23. The summed E-state index contributed by atoms with van der Waals surface area (Å²) >= 11 is 2.15. The molecule has 0 aliphatic heterocycles. The molecule has 0 fully saturated rings. The van der Waals surface area contributed by atoms with Crippen molar-refractivity contribution in [1.82, 2.24) is 19.9 Å². The number of carbonyl (C=O) groups excluding carboxylic acids is 2. The van der Waals surface area contributed by atoms with E-state index in [0.29, 0.717) is 39.5 Å². The van der Waals surface area contributed by atoms with E-state index in [2.05, 4.69) is 42.7 Å². The van der Waals surface area contributed by atoms with Crippen LogP contribution in [0.5, 0.6) is 0 Å². The van der Waals surface area contributed by atoms with Crippen molar-refractivity contribution in [1.29, 1.82) is 10.5 Å². The summed E-state index contributed by atoms with van der Waals surface area (Å²) in [7, 11) is 0. The van der Waals surface area contributed by atoms with Crippen LogP contribution < -0.4 is 21.8 Å². The second kappa shape index (κ2) is 14.1. The van der Waals surface area contributed by atoms with Crippen LogP contribution in [0.1, 0.15) is 33.6 Å². The highest BCUT2D eigenvalue weighted by molar-refractivity contribution is 8.00. The molecule has 14 heteroatoms. The monoisotopic (exact) mass is 612 g/mol. The number of hydrogen-bond donors (Lipinski definition) is 4. The van der Waals surface area contributed by atoms with E-state index in [1.807, 2.05) is 0 Å². The van der Waals surface area contributed by atoms with Crippen LogP contribution >= 0.6 is 23.5 Å². The molecule has 4 aromatic rings. The summed E-state index contributed by atoms with van der Waals surface area (Å²) in [5.74, 6) is -0.757. The molecule has 2 aromatic carbocycles. The van der Waals surface area contributed by atoms with Crippen LogP contribution in [0.2, 0.25) is 0 Å². The number of aryl methyl sites for hydroxylation is 2. The molecule has 0 bridgehead atoms. The van der Waals surface area contributed by atoms with Crippen LogP contribution in [0.25, 0.3) is 0 Å². The average Bonchev–Trinajstić information content (AvgIpc) is 2.95. The molecule has 2 heterocycles. The molecule has 0 saturated heterocycles. The summed E-state index contributed by atoms with van der Waals surface area (Å²) in [5, 5.41) is 25.4. The van der Waals surface area contributed by atoms with Gasteiger partial charge in [-0.15, -0.1) is 0 Å². The van der Waals surface area contributed by atoms with Crippen molar-refractivity contribution in [2.45, 2.75) is 30.6 Å². The van der Waals surface area contributed by atoms with E-state index >= 15 is 0 Å². The molecule has 12 nitrogen and oxygen atoms in total. The number of thioether (sulfide) groups is 2. The molecule has 2 aromatic heterocycles. The number of anilines is 2. The Morgan fingerprint density at radius 3 is 1.53 bits per heavy atom. The van der Waals surface area contributed by atoms with Gasteiger partial charge in [0.15, 0.2) is 10.3 Å². The summed E-state index contributed by atoms with van der Waals surface area (Å²) in [5.41, 5.74) is 3.27. The smallest absolute Gasteiger partial charge is 0.251 e. The van der Waals surface area contributed by atoms with E-state index in [4.69, 9.17) is 0 Å². The number of benzene rings is 2. The lowest BCUT2D eigenvalue weighted by Gasteiger charge is -2.11. The fraction of sp³-hybridized carbons (Fsp3) is 0.172. The van der Waals surface area contributed by atoms with Gasteiger partial charge in [0.25, 0.3) is 11.1 Å². The number of aromatic nitrogens is 4. The van der Waals surface area contributed by atoms with Crippen LogP contribution in [0, 0.1) is 36.5 Å². The zero-order valence-electron chi connectivity index (χ0n) is 23.0. The van der Waals surface area contributed by atoms with Gasteiger partial charge in [-0.3, -0.25) is 19.2 Å². The van der Waals surface area contributed by atoms with Gasteiger partial charge in [-0.05, 0) is 55.7 Å². The molecular weight excluding hydrogens is 589 g/mol. The second-order valence-electron chi connectivity index (χ2n) is 9.22. The van der Waals surface area contributed by atoms with E-state index in [1.54, 1.807) is 50.2 Å². The molecular formula is C29H24N8O4S2. The third-order valence-electron chi connectivity index (χ3n) is 5.74. The fourth-order valence-corrected chi connectivity index (χ4v) is 5.36. The molecule has 0 saturated carbocycles. The van der Waals surface area contributed by atoms with Crippen molar-refractivity contribution in [2.75, 3.05) is 22.1 Å². The maximum atomic E-state index is 12.5. The van der Waals surface area contributed by atoms with Gasteiger partial charge in [0.05, 0.1) is 34.0 Å². The number of nitriles is 2. The summed E-state index contributed by atoms with van der Waals surface area (Å²) < 4.78 is 0. The van der Waals surface area contributed by atoms with Gasteiger partial charge >= 0.3 is 0 Å². The van der Waals surface area contributed by atoms with Crippen LogP contribution in [0.3, 0.4) is 0 Å². The summed E-state index contributed by atoms with van der Waals surface area (Å²) in [6.07, 6.45) is 0.399. The van der Waals surface area contributed by atoms with Crippen LogP contribution in [-0.2, 0) is 16.0 Å². The van der Waals surface area contributed by atoms with Gasteiger partial charge in [0.2, 0.25) is 11.8 Å².